The summed E-state index contributed by atoms with van der Waals surface area (Å²) in [6, 6.07) is 8.15. The molecule has 88 valence electrons. The second-order valence-electron chi connectivity index (χ2n) is 3.82. The Morgan fingerprint density at radius 2 is 2.19 bits per heavy atom. The van der Waals surface area contributed by atoms with Crippen molar-refractivity contribution in [2.24, 2.45) is 0 Å². The van der Waals surface area contributed by atoms with Crippen LogP contribution in [0.3, 0.4) is 0 Å². The lowest BCUT2D eigenvalue weighted by Crippen LogP contribution is -2.21. The lowest BCUT2D eigenvalue weighted by molar-refractivity contribution is 0.0855. The zero-order valence-electron chi connectivity index (χ0n) is 10.1. The fourth-order valence-corrected chi connectivity index (χ4v) is 2.24. The zero-order valence-corrected chi connectivity index (χ0v) is 10.9. The van der Waals surface area contributed by atoms with E-state index in [0.717, 1.165) is 17.1 Å². The minimum absolute atomic E-state index is 0.654. The summed E-state index contributed by atoms with van der Waals surface area (Å²) >= 11 is 1.89. The summed E-state index contributed by atoms with van der Waals surface area (Å²) in [5.74, 6) is 2.12. The maximum absolute atomic E-state index is 10.3. The molecule has 0 saturated heterocycles. The predicted octanol–water partition coefficient (Wildman–Crippen LogP) is 3.72. The Morgan fingerprint density at radius 1 is 1.44 bits per heavy atom. The predicted molar refractivity (Wildman–Crippen MR) is 72.7 cm³/mol. The minimum atomic E-state index is -0.882. The third kappa shape index (κ3) is 3.13. The first kappa shape index (κ1) is 13.3. The van der Waals surface area contributed by atoms with Crippen LogP contribution in [0.15, 0.2) is 36.9 Å². The molecule has 0 spiro atoms. The Balaban J connectivity index is 2.92. The molecular weight excluding hydrogens is 216 g/mol. The molecule has 0 amide bonds. The van der Waals surface area contributed by atoms with Crippen LogP contribution < -0.4 is 0 Å². The van der Waals surface area contributed by atoms with E-state index < -0.39 is 5.60 Å². The molecule has 1 atom stereocenters. The summed E-state index contributed by atoms with van der Waals surface area (Å²) in [5.41, 5.74) is 1.32. The Hall–Kier alpha value is -0.730. The molecule has 0 saturated carbocycles. The van der Waals surface area contributed by atoms with E-state index in [4.69, 9.17) is 0 Å². The van der Waals surface area contributed by atoms with Gasteiger partial charge in [-0.2, -0.15) is 11.8 Å². The van der Waals surface area contributed by atoms with E-state index in [1.165, 1.54) is 5.56 Å². The smallest absolute Gasteiger partial charge is 0.107 e. The number of hydrogen-bond donors (Lipinski definition) is 1. The fourth-order valence-electron chi connectivity index (χ4n) is 1.62. The molecule has 0 aliphatic carbocycles. The Morgan fingerprint density at radius 3 is 2.75 bits per heavy atom. The van der Waals surface area contributed by atoms with E-state index in [9.17, 15) is 5.11 Å². The first-order chi connectivity index (χ1) is 7.66. The van der Waals surface area contributed by atoms with Crippen LogP contribution >= 0.6 is 11.8 Å². The highest BCUT2D eigenvalue weighted by Crippen LogP contribution is 2.27. The molecule has 1 rings (SSSR count). The van der Waals surface area contributed by atoms with Gasteiger partial charge < -0.3 is 5.11 Å². The molecule has 2 heteroatoms. The number of benzene rings is 1. The molecule has 1 aromatic rings. The van der Waals surface area contributed by atoms with Gasteiger partial charge in [-0.1, -0.05) is 50.8 Å². The van der Waals surface area contributed by atoms with E-state index in [0.29, 0.717) is 6.42 Å². The summed E-state index contributed by atoms with van der Waals surface area (Å²) in [5, 5.41) is 10.3. The molecule has 0 radical (unpaired) electrons. The van der Waals surface area contributed by atoms with Crippen LogP contribution in [0, 0.1) is 0 Å². The van der Waals surface area contributed by atoms with Gasteiger partial charge in [-0.15, -0.1) is 0 Å². The Labute approximate surface area is 103 Å². The number of thioether (sulfide) groups is 1. The third-order valence-electron chi connectivity index (χ3n) is 2.78. The minimum Gasteiger partial charge on any atom is -0.381 e. The van der Waals surface area contributed by atoms with E-state index in [1.807, 2.05) is 30.8 Å². The lowest BCUT2D eigenvalue weighted by atomic mass is 9.90. The normalized spacial score (nSPS) is 14.4. The molecular formula is C14H20OS. The molecule has 1 unspecified atom stereocenters. The van der Waals surface area contributed by atoms with Crippen LogP contribution in [0.5, 0.6) is 0 Å². The van der Waals surface area contributed by atoms with Crippen molar-refractivity contribution in [3.8, 4) is 0 Å². The van der Waals surface area contributed by atoms with Crippen molar-refractivity contribution in [2.75, 3.05) is 5.75 Å². The van der Waals surface area contributed by atoms with Crippen molar-refractivity contribution in [3.63, 3.8) is 0 Å². The van der Waals surface area contributed by atoms with Crippen LogP contribution in [0.4, 0.5) is 0 Å². The molecule has 1 aromatic carbocycles. The van der Waals surface area contributed by atoms with Gasteiger partial charge in [0.15, 0.2) is 0 Å². The van der Waals surface area contributed by atoms with Gasteiger partial charge in [-0.3, -0.25) is 0 Å². The monoisotopic (exact) mass is 236 g/mol. The number of rotatable bonds is 6. The molecule has 0 fully saturated rings. The van der Waals surface area contributed by atoms with Gasteiger partial charge in [-0.05, 0) is 23.3 Å². The van der Waals surface area contributed by atoms with Gasteiger partial charge in [0, 0.05) is 5.75 Å². The van der Waals surface area contributed by atoms with Gasteiger partial charge in [0.1, 0.15) is 5.60 Å². The zero-order chi connectivity index (χ0) is 12.0. The molecule has 0 aliphatic rings. The molecule has 16 heavy (non-hydrogen) atoms. The standard InChI is InChI=1S/C14H20OS/c1-4-14(15,5-2)13-9-7-8-12(10-13)11-16-6-3/h4,7-10,15H,1,5-6,11H2,2-3H3. The van der Waals surface area contributed by atoms with E-state index >= 15 is 0 Å². The molecule has 1 N–H and O–H groups in total. The Bertz CT molecular complexity index is 348. The summed E-state index contributed by atoms with van der Waals surface area (Å²) in [6.07, 6.45) is 2.28. The van der Waals surface area contributed by atoms with Crippen molar-refractivity contribution in [3.05, 3.63) is 48.0 Å². The van der Waals surface area contributed by atoms with E-state index in [1.54, 1.807) is 6.08 Å². The van der Waals surface area contributed by atoms with Crippen molar-refractivity contribution in [1.29, 1.82) is 0 Å². The van der Waals surface area contributed by atoms with Gasteiger partial charge in [-0.25, -0.2) is 0 Å². The van der Waals surface area contributed by atoms with Crippen LogP contribution in [0.1, 0.15) is 31.4 Å². The van der Waals surface area contributed by atoms with Crippen molar-refractivity contribution < 1.29 is 5.11 Å². The second kappa shape index (κ2) is 6.12. The third-order valence-corrected chi connectivity index (χ3v) is 3.72. The highest BCUT2D eigenvalue weighted by Gasteiger charge is 2.22. The van der Waals surface area contributed by atoms with Crippen molar-refractivity contribution >= 4 is 11.8 Å². The molecule has 0 aliphatic heterocycles. The SMILES string of the molecule is C=CC(O)(CC)c1cccc(CSCC)c1. The first-order valence-corrected chi connectivity index (χ1v) is 6.85. The quantitative estimate of drug-likeness (QED) is 0.760. The number of aliphatic hydroxyl groups is 1. The van der Waals surface area contributed by atoms with Gasteiger partial charge in [0.25, 0.3) is 0 Å². The van der Waals surface area contributed by atoms with Crippen molar-refractivity contribution in [2.45, 2.75) is 31.6 Å². The first-order valence-electron chi connectivity index (χ1n) is 5.69. The number of hydrogen-bond acceptors (Lipinski definition) is 2. The largest absolute Gasteiger partial charge is 0.381 e. The van der Waals surface area contributed by atoms with Gasteiger partial charge >= 0.3 is 0 Å². The molecule has 1 nitrogen and oxygen atoms in total. The van der Waals surface area contributed by atoms with Crippen LogP contribution in [-0.2, 0) is 11.4 Å². The molecule has 0 bridgehead atoms. The van der Waals surface area contributed by atoms with Gasteiger partial charge in [0.05, 0.1) is 0 Å². The van der Waals surface area contributed by atoms with Crippen LogP contribution in [0.2, 0.25) is 0 Å². The van der Waals surface area contributed by atoms with E-state index in [-0.39, 0.29) is 0 Å². The molecule has 0 aromatic heterocycles. The summed E-state index contributed by atoms with van der Waals surface area (Å²) in [6.45, 7) is 7.84. The van der Waals surface area contributed by atoms with Crippen molar-refractivity contribution in [1.82, 2.24) is 0 Å². The highest BCUT2D eigenvalue weighted by atomic mass is 32.2. The molecule has 0 heterocycles. The van der Waals surface area contributed by atoms with E-state index in [2.05, 4.69) is 25.6 Å². The average Bonchev–Trinajstić information content (AvgIpc) is 2.35. The van der Waals surface area contributed by atoms with Crippen LogP contribution in [-0.4, -0.2) is 10.9 Å². The maximum Gasteiger partial charge on any atom is 0.107 e. The van der Waals surface area contributed by atoms with Crippen LogP contribution in [0.25, 0.3) is 0 Å². The lowest BCUT2D eigenvalue weighted by Gasteiger charge is -2.23. The highest BCUT2D eigenvalue weighted by molar-refractivity contribution is 7.98. The Kier molecular flexibility index (Phi) is 5.10. The summed E-state index contributed by atoms with van der Waals surface area (Å²) in [4.78, 5) is 0. The second-order valence-corrected chi connectivity index (χ2v) is 5.09. The fraction of sp³-hybridized carbons (Fsp3) is 0.429. The summed E-state index contributed by atoms with van der Waals surface area (Å²) < 4.78 is 0. The summed E-state index contributed by atoms with van der Waals surface area (Å²) in [7, 11) is 0. The van der Waals surface area contributed by atoms with Gasteiger partial charge in [0.2, 0.25) is 0 Å². The maximum atomic E-state index is 10.3. The average molecular weight is 236 g/mol. The topological polar surface area (TPSA) is 20.2 Å².